The van der Waals surface area contributed by atoms with Crippen molar-refractivity contribution in [1.29, 1.82) is 0 Å². The van der Waals surface area contributed by atoms with Crippen molar-refractivity contribution in [3.8, 4) is 28.6 Å². The van der Waals surface area contributed by atoms with E-state index in [1.165, 1.54) is 29.4 Å². The minimum absolute atomic E-state index is 0.0448. The van der Waals surface area contributed by atoms with E-state index in [0.717, 1.165) is 10.5 Å². The lowest BCUT2D eigenvalue weighted by Crippen LogP contribution is -2.52. The van der Waals surface area contributed by atoms with Gasteiger partial charge in [0, 0.05) is 29.7 Å². The molecule has 1 unspecified atom stereocenters. The molecule has 5 aromatic rings. The van der Waals surface area contributed by atoms with Gasteiger partial charge in [0.25, 0.3) is 0 Å². The van der Waals surface area contributed by atoms with Gasteiger partial charge in [-0.05, 0) is 114 Å². The number of alkyl carbamates (subject to hydrolysis) is 1. The molecule has 2 amide bonds. The quantitative estimate of drug-likeness (QED) is 0.0846. The first-order chi connectivity index (χ1) is 29.5. The Bertz CT molecular complexity index is 2400. The van der Waals surface area contributed by atoms with Crippen molar-refractivity contribution < 1.29 is 46.6 Å². The number of benzene rings is 4. The molecule has 0 saturated carbocycles. The zero-order valence-corrected chi connectivity index (χ0v) is 38.6. The Morgan fingerprint density at radius 1 is 0.855 bits per heavy atom. The standard InChI is InChI=1S/C41H47IN8O10S2/c1-41(2,3)60-39(51)43-33-24-48(40(52)53)25-34(33)46-61(54)35-20-19-32(42)36(38-44-47-50(45-38)23-28-11-17-31(59-6)18-12-28)37(35)62(55,56)49(21-26-7-13-29(57-4)14-8-26)22-27-9-15-30(58-5)16-10-27/h7-20,33-34,46H,21-25H2,1-6H3,(H,43,51)(H,52,53)/t33-,34-,61?/m1/s1. The van der Waals surface area contributed by atoms with Gasteiger partial charge < -0.3 is 38.8 Å². The number of ether oxygens (including phenoxy) is 4. The molecule has 1 aliphatic heterocycles. The van der Waals surface area contributed by atoms with Crippen LogP contribution in [0.4, 0.5) is 9.59 Å². The van der Waals surface area contributed by atoms with E-state index in [1.807, 2.05) is 34.7 Å². The summed E-state index contributed by atoms with van der Waals surface area (Å²) in [6.45, 7) is 4.70. The Labute approximate surface area is 376 Å². The average molecular weight is 1000 g/mol. The Balaban J connectivity index is 1.46. The highest BCUT2D eigenvalue weighted by Crippen LogP contribution is 2.38. The average Bonchev–Trinajstić information content (AvgIpc) is 3.87. The molecule has 2 heterocycles. The number of amides is 2. The first-order valence-electron chi connectivity index (χ1n) is 19.1. The van der Waals surface area contributed by atoms with Gasteiger partial charge in [0.05, 0.1) is 56.9 Å². The van der Waals surface area contributed by atoms with E-state index in [9.17, 15) is 19.2 Å². The predicted molar refractivity (Wildman–Crippen MR) is 237 cm³/mol. The summed E-state index contributed by atoms with van der Waals surface area (Å²) in [6.07, 6.45) is -2.06. The van der Waals surface area contributed by atoms with E-state index in [2.05, 4.69) is 25.4 Å². The van der Waals surface area contributed by atoms with Gasteiger partial charge >= 0.3 is 12.2 Å². The van der Waals surface area contributed by atoms with Crippen LogP contribution in [0.3, 0.4) is 0 Å². The van der Waals surface area contributed by atoms with Crippen LogP contribution in [0.25, 0.3) is 11.4 Å². The van der Waals surface area contributed by atoms with Crippen LogP contribution in [-0.2, 0) is 45.8 Å². The van der Waals surface area contributed by atoms with Crippen LogP contribution in [0.15, 0.2) is 94.7 Å². The third-order valence-corrected chi connectivity index (χ3v) is 13.8. The third-order valence-electron chi connectivity index (χ3n) is 9.61. The number of methoxy groups -OCH3 is 3. The molecule has 330 valence electrons. The summed E-state index contributed by atoms with van der Waals surface area (Å²) in [5, 5.41) is 25.8. The van der Waals surface area contributed by atoms with Crippen LogP contribution < -0.4 is 24.2 Å². The molecule has 21 heteroatoms. The van der Waals surface area contributed by atoms with Crippen molar-refractivity contribution in [2.24, 2.45) is 0 Å². The smallest absolute Gasteiger partial charge is 0.407 e. The summed E-state index contributed by atoms with van der Waals surface area (Å²) in [5.41, 5.74) is 1.29. The van der Waals surface area contributed by atoms with Gasteiger partial charge in [-0.1, -0.05) is 36.4 Å². The number of carbonyl (C=O) groups excluding carboxylic acids is 1. The Morgan fingerprint density at radius 3 is 1.87 bits per heavy atom. The number of likely N-dealkylation sites (tertiary alicyclic amines) is 1. The number of tetrazole rings is 1. The van der Waals surface area contributed by atoms with Crippen molar-refractivity contribution in [2.75, 3.05) is 34.4 Å². The molecule has 0 radical (unpaired) electrons. The Kier molecular flexibility index (Phi) is 14.9. The van der Waals surface area contributed by atoms with Crippen LogP contribution in [0.5, 0.6) is 17.2 Å². The lowest BCUT2D eigenvalue weighted by molar-refractivity contribution is 0.0500. The summed E-state index contributed by atoms with van der Waals surface area (Å²) in [6, 6.07) is 22.4. The number of nitrogens with zero attached hydrogens (tertiary/aromatic N) is 6. The molecule has 6 rings (SSSR count). The normalized spacial score (nSPS) is 15.9. The minimum atomic E-state index is -4.67. The van der Waals surface area contributed by atoms with Crippen molar-refractivity contribution in [1.82, 2.24) is 39.5 Å². The molecule has 4 aromatic carbocycles. The van der Waals surface area contributed by atoms with Crippen LogP contribution in [0, 0.1) is 3.57 Å². The van der Waals surface area contributed by atoms with E-state index in [4.69, 9.17) is 18.9 Å². The topological polar surface area (TPSA) is 223 Å². The summed E-state index contributed by atoms with van der Waals surface area (Å²) < 4.78 is 72.0. The molecule has 1 aliphatic rings. The number of halogens is 1. The second-order valence-corrected chi connectivity index (χ2v) is 19.4. The van der Waals surface area contributed by atoms with Gasteiger partial charge in [-0.15, -0.1) is 14.9 Å². The van der Waals surface area contributed by atoms with Crippen molar-refractivity contribution in [3.05, 3.63) is 105 Å². The molecule has 1 fully saturated rings. The summed E-state index contributed by atoms with van der Waals surface area (Å²) >= 11 is -0.362. The van der Waals surface area contributed by atoms with E-state index >= 15 is 8.42 Å². The number of nitrogens with one attached hydrogen (secondary N) is 2. The summed E-state index contributed by atoms with van der Waals surface area (Å²) in [4.78, 5) is 26.9. The number of hydrogen-bond acceptors (Lipinski definition) is 13. The molecule has 1 saturated heterocycles. The van der Waals surface area contributed by atoms with Crippen LogP contribution >= 0.6 is 22.6 Å². The van der Waals surface area contributed by atoms with Crippen LogP contribution in [0.1, 0.15) is 37.5 Å². The highest BCUT2D eigenvalue weighted by atomic mass is 127. The van der Waals surface area contributed by atoms with Gasteiger partial charge in [0.1, 0.15) is 22.8 Å². The fourth-order valence-corrected chi connectivity index (χ4v) is 10.8. The van der Waals surface area contributed by atoms with Gasteiger partial charge in [-0.3, -0.25) is 0 Å². The molecule has 18 nitrogen and oxygen atoms in total. The van der Waals surface area contributed by atoms with Gasteiger partial charge in [0.2, 0.25) is 15.8 Å². The summed E-state index contributed by atoms with van der Waals surface area (Å²) in [5.74, 6) is 1.78. The van der Waals surface area contributed by atoms with Gasteiger partial charge in [0.15, 0.2) is 9.79 Å². The lowest BCUT2D eigenvalue weighted by Gasteiger charge is -2.27. The molecule has 3 N–H and O–H groups in total. The first-order valence-corrected chi connectivity index (χ1v) is 22.8. The molecular weight excluding hydrogens is 956 g/mol. The maximum Gasteiger partial charge on any atom is 0.407 e. The second kappa shape index (κ2) is 19.9. The fourth-order valence-electron chi connectivity index (χ4n) is 6.56. The molecule has 1 aromatic heterocycles. The molecule has 0 aliphatic carbocycles. The molecule has 3 atom stereocenters. The summed E-state index contributed by atoms with van der Waals surface area (Å²) in [7, 11) is -0.0331. The lowest BCUT2D eigenvalue weighted by atomic mass is 10.2. The zero-order chi connectivity index (χ0) is 44.8. The number of sulfonamides is 1. The largest absolute Gasteiger partial charge is 0.593 e. The Hall–Kier alpha value is -5.20. The van der Waals surface area contributed by atoms with Gasteiger partial charge in [-0.2, -0.15) is 9.10 Å². The highest BCUT2D eigenvalue weighted by molar-refractivity contribution is 14.1. The Morgan fingerprint density at radius 2 is 1.37 bits per heavy atom. The molecule has 0 spiro atoms. The number of aromatic nitrogens is 4. The number of carboxylic acid groups (broad SMARTS) is 1. The number of carbonyl (C=O) groups is 2. The number of hydrogen-bond donors (Lipinski definition) is 3. The van der Waals surface area contributed by atoms with Crippen LogP contribution in [0.2, 0.25) is 0 Å². The zero-order valence-electron chi connectivity index (χ0n) is 34.8. The maximum atomic E-state index is 15.6. The van der Waals surface area contributed by atoms with E-state index in [0.29, 0.717) is 31.9 Å². The SMILES string of the molecule is COc1ccc(CN(Cc2ccc(OC)cc2)S(=O)(=O)c2c([S+]([O-])N[C@@H]3CN(C(=O)O)C[C@H]3NC(=O)OC(C)(C)C)ccc(I)c2-c2nnn(Cc3ccc(OC)cc3)n2)cc1. The highest BCUT2D eigenvalue weighted by Gasteiger charge is 2.43. The van der Waals surface area contributed by atoms with E-state index in [1.54, 1.807) is 94.6 Å². The van der Waals surface area contributed by atoms with Crippen molar-refractivity contribution in [3.63, 3.8) is 0 Å². The fraction of sp³-hybridized carbons (Fsp3) is 0.341. The van der Waals surface area contributed by atoms with Gasteiger partial charge in [-0.25, -0.2) is 18.0 Å². The third kappa shape index (κ3) is 11.4. The van der Waals surface area contributed by atoms with Crippen LogP contribution in [-0.4, -0.2) is 112 Å². The monoisotopic (exact) mass is 1000 g/mol. The minimum Gasteiger partial charge on any atom is -0.593 e. The van der Waals surface area contributed by atoms with E-state index < -0.39 is 51.3 Å². The maximum absolute atomic E-state index is 15.6. The van der Waals surface area contributed by atoms with Crippen molar-refractivity contribution >= 4 is 56.2 Å². The molecular formula is C41H47IN8O10S2. The first kappa shape index (κ1) is 46.3. The second-order valence-electron chi connectivity index (χ2n) is 15.1. The van der Waals surface area contributed by atoms with Crippen molar-refractivity contribution in [2.45, 2.75) is 67.9 Å². The predicted octanol–water partition coefficient (Wildman–Crippen LogP) is 5.28. The molecule has 62 heavy (non-hydrogen) atoms. The number of rotatable bonds is 16. The molecule has 0 bridgehead atoms. The van der Waals surface area contributed by atoms with E-state index in [-0.39, 0.29) is 53.9 Å².